The van der Waals surface area contributed by atoms with Crippen LogP contribution in [0.5, 0.6) is 0 Å². The third-order valence-corrected chi connectivity index (χ3v) is 5.88. The molecule has 0 spiro atoms. The summed E-state index contributed by atoms with van der Waals surface area (Å²) >= 11 is 1.42. The van der Waals surface area contributed by atoms with Crippen molar-refractivity contribution in [2.75, 3.05) is 44.2 Å². The first-order valence-corrected chi connectivity index (χ1v) is 9.45. The van der Waals surface area contributed by atoms with Gasteiger partial charge in [-0.15, -0.1) is 0 Å². The first-order valence-electron chi connectivity index (χ1n) is 8.57. The maximum atomic E-state index is 12.7. The van der Waals surface area contributed by atoms with Gasteiger partial charge in [0.2, 0.25) is 11.8 Å². The molecule has 0 unspecified atom stereocenters. The number of aromatic nitrogens is 1. The Morgan fingerprint density at radius 1 is 1.25 bits per heavy atom. The number of carbonyl (C=O) groups excluding carboxylic acids is 2. The van der Waals surface area contributed by atoms with E-state index in [9.17, 15) is 9.59 Å². The first kappa shape index (κ1) is 17.2. The molecule has 6 nitrogen and oxygen atoms in total. The first-order chi connectivity index (χ1) is 11.6. The molecule has 2 aliphatic heterocycles. The molecule has 0 saturated carbocycles. The lowest BCUT2D eigenvalue weighted by Gasteiger charge is -2.36. The highest BCUT2D eigenvalue weighted by Gasteiger charge is 2.36. The van der Waals surface area contributed by atoms with Gasteiger partial charge in [0.1, 0.15) is 5.03 Å². The molecule has 3 rings (SSSR count). The van der Waals surface area contributed by atoms with Crippen molar-refractivity contribution < 1.29 is 9.59 Å². The number of rotatable bonds is 4. The van der Waals surface area contributed by atoms with Gasteiger partial charge in [0.15, 0.2) is 0 Å². The fraction of sp³-hybridized carbons (Fsp3) is 0.588. The van der Waals surface area contributed by atoms with E-state index in [2.05, 4.69) is 16.8 Å². The zero-order valence-corrected chi connectivity index (χ0v) is 15.1. The van der Waals surface area contributed by atoms with Crippen molar-refractivity contribution in [1.82, 2.24) is 14.8 Å². The summed E-state index contributed by atoms with van der Waals surface area (Å²) in [6.07, 6.45) is 1.99. The van der Waals surface area contributed by atoms with Crippen molar-refractivity contribution in [1.29, 1.82) is 0 Å². The topological polar surface area (TPSA) is 56.8 Å². The summed E-state index contributed by atoms with van der Waals surface area (Å²) < 4.78 is 0. The number of thioether (sulfide) groups is 1. The molecule has 1 fully saturated rings. The normalized spacial score (nSPS) is 21.8. The van der Waals surface area contributed by atoms with Crippen molar-refractivity contribution >= 4 is 29.3 Å². The van der Waals surface area contributed by atoms with E-state index in [1.165, 1.54) is 11.8 Å². The molecule has 1 atom stereocenters. The fourth-order valence-corrected chi connectivity index (χ4v) is 4.36. The third kappa shape index (κ3) is 3.42. The zero-order chi connectivity index (χ0) is 17.1. The molecule has 2 aliphatic rings. The van der Waals surface area contributed by atoms with Gasteiger partial charge >= 0.3 is 0 Å². The molecule has 0 bridgehead atoms. The molecule has 0 N–H and O–H groups in total. The highest BCUT2D eigenvalue weighted by atomic mass is 32.2. The number of likely N-dealkylation sites (N-methyl/N-ethyl adjacent to an activating group) is 1. The molecule has 7 heteroatoms. The van der Waals surface area contributed by atoms with Crippen LogP contribution in [0.25, 0.3) is 0 Å². The SMILES string of the molecule is CCN1CCN(C(=O)C[C@@H]2Sc3ncccc3N(CC)C2=O)CC1. The summed E-state index contributed by atoms with van der Waals surface area (Å²) in [6, 6.07) is 3.76. The summed E-state index contributed by atoms with van der Waals surface area (Å²) in [7, 11) is 0. The summed E-state index contributed by atoms with van der Waals surface area (Å²) in [6.45, 7) is 9.05. The molecule has 2 amide bonds. The van der Waals surface area contributed by atoms with Crippen LogP contribution in [0.4, 0.5) is 5.69 Å². The minimum Gasteiger partial charge on any atom is -0.340 e. The number of amides is 2. The molecule has 1 aromatic heterocycles. The quantitative estimate of drug-likeness (QED) is 0.825. The van der Waals surface area contributed by atoms with E-state index in [4.69, 9.17) is 0 Å². The Bertz CT molecular complexity index is 616. The lowest BCUT2D eigenvalue weighted by atomic mass is 10.2. The molecular weight excluding hydrogens is 324 g/mol. The van der Waals surface area contributed by atoms with Gasteiger partial charge in [-0.25, -0.2) is 4.98 Å². The van der Waals surface area contributed by atoms with Crippen LogP contribution in [0.1, 0.15) is 20.3 Å². The molecule has 24 heavy (non-hydrogen) atoms. The second-order valence-corrected chi connectivity index (χ2v) is 7.23. The summed E-state index contributed by atoms with van der Waals surface area (Å²) in [4.78, 5) is 35.7. The van der Waals surface area contributed by atoms with Gasteiger partial charge in [0, 0.05) is 45.3 Å². The number of anilines is 1. The number of pyridine rings is 1. The molecule has 3 heterocycles. The molecule has 0 aromatic carbocycles. The van der Waals surface area contributed by atoms with E-state index < -0.39 is 0 Å². The monoisotopic (exact) mass is 348 g/mol. The van der Waals surface area contributed by atoms with E-state index in [1.807, 2.05) is 24.0 Å². The van der Waals surface area contributed by atoms with Gasteiger partial charge in [0.05, 0.1) is 10.9 Å². The van der Waals surface area contributed by atoms with Gasteiger partial charge < -0.3 is 14.7 Å². The Morgan fingerprint density at radius 2 is 2.00 bits per heavy atom. The second kappa shape index (κ2) is 7.53. The third-order valence-electron chi connectivity index (χ3n) is 4.69. The average molecular weight is 348 g/mol. The molecule has 0 aliphatic carbocycles. The van der Waals surface area contributed by atoms with Gasteiger partial charge in [-0.1, -0.05) is 18.7 Å². The second-order valence-electron chi connectivity index (χ2n) is 6.04. The predicted octanol–water partition coefficient (Wildman–Crippen LogP) is 1.46. The molecule has 130 valence electrons. The van der Waals surface area contributed by atoms with E-state index in [0.717, 1.165) is 43.4 Å². The standard InChI is InChI=1S/C17H24N4O2S/c1-3-19-8-10-20(11-9-19)15(22)12-14-17(23)21(4-2)13-6-5-7-18-16(13)24-14/h5-7,14H,3-4,8-12H2,1-2H3/t14-/m0/s1. The van der Waals surface area contributed by atoms with Crippen molar-refractivity contribution in [3.63, 3.8) is 0 Å². The van der Waals surface area contributed by atoms with Crippen LogP contribution < -0.4 is 4.90 Å². The van der Waals surface area contributed by atoms with Gasteiger partial charge in [-0.2, -0.15) is 0 Å². The Labute approximate surface area is 147 Å². The predicted molar refractivity (Wildman–Crippen MR) is 95.2 cm³/mol. The number of piperazine rings is 1. The van der Waals surface area contributed by atoms with E-state index in [-0.39, 0.29) is 23.5 Å². The number of nitrogens with zero attached hydrogens (tertiary/aromatic N) is 4. The minimum atomic E-state index is -0.371. The Hall–Kier alpha value is -1.60. The van der Waals surface area contributed by atoms with Crippen LogP contribution in [-0.4, -0.2) is 71.1 Å². The van der Waals surface area contributed by atoms with Crippen molar-refractivity contribution in [3.05, 3.63) is 18.3 Å². The van der Waals surface area contributed by atoms with Crippen LogP contribution in [0.2, 0.25) is 0 Å². The maximum Gasteiger partial charge on any atom is 0.241 e. The van der Waals surface area contributed by atoms with E-state index in [0.29, 0.717) is 6.54 Å². The smallest absolute Gasteiger partial charge is 0.241 e. The van der Waals surface area contributed by atoms with Crippen molar-refractivity contribution in [2.45, 2.75) is 30.5 Å². The summed E-state index contributed by atoms with van der Waals surface area (Å²) in [5.74, 6) is 0.0931. The molecule has 1 aromatic rings. The number of carbonyl (C=O) groups is 2. The number of hydrogen-bond donors (Lipinski definition) is 0. The highest BCUT2D eigenvalue weighted by Crippen LogP contribution is 2.38. The van der Waals surface area contributed by atoms with Crippen molar-refractivity contribution in [3.8, 4) is 0 Å². The van der Waals surface area contributed by atoms with Gasteiger partial charge in [-0.3, -0.25) is 9.59 Å². The van der Waals surface area contributed by atoms with Crippen LogP contribution in [0, 0.1) is 0 Å². The Balaban J connectivity index is 1.67. The molecule has 1 saturated heterocycles. The van der Waals surface area contributed by atoms with Crippen LogP contribution in [-0.2, 0) is 9.59 Å². The number of fused-ring (bicyclic) bond motifs is 1. The lowest BCUT2D eigenvalue weighted by molar-refractivity contribution is -0.134. The van der Waals surface area contributed by atoms with E-state index >= 15 is 0 Å². The minimum absolute atomic E-state index is 0.0172. The van der Waals surface area contributed by atoms with E-state index in [1.54, 1.807) is 11.1 Å². The number of hydrogen-bond acceptors (Lipinski definition) is 5. The Morgan fingerprint density at radius 3 is 2.67 bits per heavy atom. The average Bonchev–Trinajstić information content (AvgIpc) is 2.62. The lowest BCUT2D eigenvalue weighted by Crippen LogP contribution is -2.50. The van der Waals surface area contributed by atoms with Crippen LogP contribution >= 0.6 is 11.8 Å². The molecular formula is C17H24N4O2S. The molecule has 0 radical (unpaired) electrons. The van der Waals surface area contributed by atoms with Crippen LogP contribution in [0.15, 0.2) is 23.4 Å². The van der Waals surface area contributed by atoms with Crippen LogP contribution in [0.3, 0.4) is 0 Å². The summed E-state index contributed by atoms with van der Waals surface area (Å²) in [5.41, 5.74) is 0.857. The summed E-state index contributed by atoms with van der Waals surface area (Å²) in [5, 5.41) is 0.469. The van der Waals surface area contributed by atoms with Gasteiger partial charge in [-0.05, 0) is 25.6 Å². The van der Waals surface area contributed by atoms with Crippen molar-refractivity contribution in [2.24, 2.45) is 0 Å². The Kier molecular flexibility index (Phi) is 5.40. The largest absolute Gasteiger partial charge is 0.340 e. The maximum absolute atomic E-state index is 12.7. The van der Waals surface area contributed by atoms with Gasteiger partial charge in [0.25, 0.3) is 0 Å². The zero-order valence-electron chi connectivity index (χ0n) is 14.3. The fourth-order valence-electron chi connectivity index (χ4n) is 3.21. The highest BCUT2D eigenvalue weighted by molar-refractivity contribution is 8.00.